The summed E-state index contributed by atoms with van der Waals surface area (Å²) in [5, 5.41) is 0. The predicted octanol–water partition coefficient (Wildman–Crippen LogP) is 3.16. The molecule has 3 nitrogen and oxygen atoms in total. The largest absolute Gasteiger partial charge is 0.466 e. The van der Waals surface area contributed by atoms with Crippen LogP contribution in [0.25, 0.3) is 0 Å². The number of benzene rings is 1. The SMILES string of the molecule is CCOC(=O)C1CCN(C(C)c2ccc(F)cc2)CC1. The van der Waals surface area contributed by atoms with Gasteiger partial charge in [-0.25, -0.2) is 4.39 Å². The number of halogens is 1. The van der Waals surface area contributed by atoms with Gasteiger partial charge in [0.05, 0.1) is 12.5 Å². The smallest absolute Gasteiger partial charge is 0.309 e. The van der Waals surface area contributed by atoms with Crippen LogP contribution in [-0.2, 0) is 9.53 Å². The second-order valence-corrected chi connectivity index (χ2v) is 5.29. The molecule has 1 atom stereocenters. The van der Waals surface area contributed by atoms with Crippen molar-refractivity contribution in [3.05, 3.63) is 35.6 Å². The summed E-state index contributed by atoms with van der Waals surface area (Å²) in [7, 11) is 0. The Bertz CT molecular complexity index is 438. The van der Waals surface area contributed by atoms with Crippen molar-refractivity contribution in [2.75, 3.05) is 19.7 Å². The van der Waals surface area contributed by atoms with E-state index in [2.05, 4.69) is 11.8 Å². The molecule has 1 heterocycles. The van der Waals surface area contributed by atoms with Crippen molar-refractivity contribution in [1.82, 2.24) is 4.90 Å². The quantitative estimate of drug-likeness (QED) is 0.793. The molecule has 20 heavy (non-hydrogen) atoms. The maximum absolute atomic E-state index is 12.9. The summed E-state index contributed by atoms with van der Waals surface area (Å²) in [5.74, 6) is -0.241. The van der Waals surface area contributed by atoms with Gasteiger partial charge in [0.15, 0.2) is 0 Å². The highest BCUT2D eigenvalue weighted by molar-refractivity contribution is 5.72. The van der Waals surface area contributed by atoms with Gasteiger partial charge in [-0.15, -0.1) is 0 Å². The average Bonchev–Trinajstić information content (AvgIpc) is 2.48. The Balaban J connectivity index is 1.90. The Morgan fingerprint density at radius 1 is 1.35 bits per heavy atom. The number of carbonyl (C=O) groups excluding carboxylic acids is 1. The van der Waals surface area contributed by atoms with Crippen LogP contribution in [-0.4, -0.2) is 30.6 Å². The van der Waals surface area contributed by atoms with Crippen LogP contribution in [0, 0.1) is 11.7 Å². The van der Waals surface area contributed by atoms with E-state index < -0.39 is 0 Å². The maximum Gasteiger partial charge on any atom is 0.309 e. The number of rotatable bonds is 4. The molecule has 1 saturated heterocycles. The zero-order valence-corrected chi connectivity index (χ0v) is 12.1. The molecule has 1 aliphatic rings. The molecular formula is C16H22FNO2. The van der Waals surface area contributed by atoms with Gasteiger partial charge in [-0.05, 0) is 57.5 Å². The number of hydrogen-bond acceptors (Lipinski definition) is 3. The number of ether oxygens (including phenoxy) is 1. The van der Waals surface area contributed by atoms with Crippen LogP contribution in [0.5, 0.6) is 0 Å². The number of likely N-dealkylation sites (tertiary alicyclic amines) is 1. The Labute approximate surface area is 119 Å². The third kappa shape index (κ3) is 3.57. The Morgan fingerprint density at radius 3 is 2.50 bits per heavy atom. The Kier molecular flexibility index (Phi) is 5.12. The topological polar surface area (TPSA) is 29.5 Å². The van der Waals surface area contributed by atoms with Crippen LogP contribution >= 0.6 is 0 Å². The van der Waals surface area contributed by atoms with Crippen molar-refractivity contribution in [1.29, 1.82) is 0 Å². The van der Waals surface area contributed by atoms with Crippen molar-refractivity contribution in [3.8, 4) is 0 Å². The van der Waals surface area contributed by atoms with Crippen molar-refractivity contribution in [2.24, 2.45) is 5.92 Å². The lowest BCUT2D eigenvalue weighted by Gasteiger charge is -2.35. The number of nitrogens with zero attached hydrogens (tertiary/aromatic N) is 1. The monoisotopic (exact) mass is 279 g/mol. The van der Waals surface area contributed by atoms with Crippen molar-refractivity contribution >= 4 is 5.97 Å². The zero-order valence-electron chi connectivity index (χ0n) is 12.1. The lowest BCUT2D eigenvalue weighted by molar-refractivity contribution is -0.149. The molecule has 0 saturated carbocycles. The molecule has 2 rings (SSSR count). The molecule has 0 spiro atoms. The first-order valence-electron chi connectivity index (χ1n) is 7.28. The van der Waals surface area contributed by atoms with Gasteiger partial charge in [-0.3, -0.25) is 9.69 Å². The fourth-order valence-electron chi connectivity index (χ4n) is 2.73. The molecule has 1 aromatic rings. The molecule has 0 bridgehead atoms. The molecule has 4 heteroatoms. The standard InChI is InChI=1S/C16H22FNO2/c1-3-20-16(19)14-8-10-18(11-9-14)12(2)13-4-6-15(17)7-5-13/h4-7,12,14H,3,8-11H2,1-2H3. The lowest BCUT2D eigenvalue weighted by Crippen LogP contribution is -2.38. The normalized spacial score (nSPS) is 18.8. The molecule has 0 N–H and O–H groups in total. The third-order valence-corrected chi connectivity index (χ3v) is 4.05. The highest BCUT2D eigenvalue weighted by atomic mass is 19.1. The van der Waals surface area contributed by atoms with Gasteiger partial charge in [0.25, 0.3) is 0 Å². The van der Waals surface area contributed by atoms with E-state index in [-0.39, 0.29) is 23.7 Å². The fraction of sp³-hybridized carbons (Fsp3) is 0.562. The predicted molar refractivity (Wildman–Crippen MR) is 75.7 cm³/mol. The van der Waals surface area contributed by atoms with Gasteiger partial charge in [0, 0.05) is 6.04 Å². The first-order valence-corrected chi connectivity index (χ1v) is 7.28. The second-order valence-electron chi connectivity index (χ2n) is 5.29. The van der Waals surface area contributed by atoms with Crippen LogP contribution in [0.4, 0.5) is 4.39 Å². The average molecular weight is 279 g/mol. The number of piperidine rings is 1. The van der Waals surface area contributed by atoms with Gasteiger partial charge < -0.3 is 4.74 Å². The molecule has 1 fully saturated rings. The molecule has 0 aromatic heterocycles. The van der Waals surface area contributed by atoms with Crippen molar-refractivity contribution in [3.63, 3.8) is 0 Å². The van der Waals surface area contributed by atoms with E-state index in [0.29, 0.717) is 6.61 Å². The van der Waals surface area contributed by atoms with Crippen LogP contribution in [0.2, 0.25) is 0 Å². The first-order chi connectivity index (χ1) is 9.61. The van der Waals surface area contributed by atoms with E-state index in [0.717, 1.165) is 31.5 Å². The van der Waals surface area contributed by atoms with Gasteiger partial charge in [0.2, 0.25) is 0 Å². The Morgan fingerprint density at radius 2 is 1.95 bits per heavy atom. The summed E-state index contributed by atoms with van der Waals surface area (Å²) in [6.07, 6.45) is 1.68. The van der Waals surface area contributed by atoms with Gasteiger partial charge in [-0.1, -0.05) is 12.1 Å². The van der Waals surface area contributed by atoms with E-state index in [1.807, 2.05) is 19.1 Å². The van der Waals surface area contributed by atoms with Crippen LogP contribution in [0.15, 0.2) is 24.3 Å². The van der Waals surface area contributed by atoms with Crippen LogP contribution in [0.1, 0.15) is 38.3 Å². The fourth-order valence-corrected chi connectivity index (χ4v) is 2.73. The van der Waals surface area contributed by atoms with Crippen LogP contribution < -0.4 is 0 Å². The molecule has 1 aliphatic heterocycles. The van der Waals surface area contributed by atoms with Crippen molar-refractivity contribution in [2.45, 2.75) is 32.7 Å². The molecular weight excluding hydrogens is 257 g/mol. The summed E-state index contributed by atoms with van der Waals surface area (Å²) in [4.78, 5) is 14.0. The minimum absolute atomic E-state index is 0.0339. The van der Waals surface area contributed by atoms with E-state index in [9.17, 15) is 9.18 Å². The summed E-state index contributed by atoms with van der Waals surface area (Å²) < 4.78 is 18.0. The minimum Gasteiger partial charge on any atom is -0.466 e. The third-order valence-electron chi connectivity index (χ3n) is 4.05. The first kappa shape index (κ1) is 15.0. The van der Waals surface area contributed by atoms with Gasteiger partial charge in [0.1, 0.15) is 5.82 Å². The van der Waals surface area contributed by atoms with Gasteiger partial charge in [-0.2, -0.15) is 0 Å². The molecule has 0 amide bonds. The lowest BCUT2D eigenvalue weighted by atomic mass is 9.94. The summed E-state index contributed by atoms with van der Waals surface area (Å²) >= 11 is 0. The minimum atomic E-state index is -0.207. The van der Waals surface area contributed by atoms with E-state index in [1.54, 1.807) is 0 Å². The van der Waals surface area contributed by atoms with E-state index in [4.69, 9.17) is 4.74 Å². The second kappa shape index (κ2) is 6.84. The molecule has 0 radical (unpaired) electrons. The van der Waals surface area contributed by atoms with Gasteiger partial charge >= 0.3 is 5.97 Å². The summed E-state index contributed by atoms with van der Waals surface area (Å²) in [6.45, 7) is 6.16. The maximum atomic E-state index is 12.9. The Hall–Kier alpha value is -1.42. The summed E-state index contributed by atoms with van der Waals surface area (Å²) in [6, 6.07) is 6.90. The van der Waals surface area contributed by atoms with E-state index in [1.165, 1.54) is 12.1 Å². The number of carbonyl (C=O) groups is 1. The molecule has 0 aliphatic carbocycles. The zero-order chi connectivity index (χ0) is 14.5. The van der Waals surface area contributed by atoms with E-state index >= 15 is 0 Å². The molecule has 1 aromatic carbocycles. The highest BCUT2D eigenvalue weighted by Gasteiger charge is 2.28. The molecule has 1 unspecified atom stereocenters. The van der Waals surface area contributed by atoms with Crippen LogP contribution in [0.3, 0.4) is 0 Å². The van der Waals surface area contributed by atoms with Crippen molar-refractivity contribution < 1.29 is 13.9 Å². The molecule has 110 valence electrons. The number of hydrogen-bond donors (Lipinski definition) is 0. The number of esters is 1. The highest BCUT2D eigenvalue weighted by Crippen LogP contribution is 2.27. The summed E-state index contributed by atoms with van der Waals surface area (Å²) in [5.41, 5.74) is 1.11.